The summed E-state index contributed by atoms with van der Waals surface area (Å²) in [6, 6.07) is 10.8. The molecule has 204 valence electrons. The number of rotatable bonds is 9. The minimum atomic E-state index is -4.77. The molecule has 3 aromatic rings. The number of aliphatic carboxylic acids is 1. The van der Waals surface area contributed by atoms with Gasteiger partial charge >= 0.3 is 12.3 Å². The molecule has 1 heterocycles. The number of carboxylic acids is 1. The van der Waals surface area contributed by atoms with Crippen LogP contribution in [0.4, 0.5) is 24.8 Å². The van der Waals surface area contributed by atoms with Crippen molar-refractivity contribution in [2.75, 3.05) is 5.32 Å². The smallest absolute Gasteiger partial charge is 0.481 e. The van der Waals surface area contributed by atoms with Crippen LogP contribution >= 0.6 is 0 Å². The number of imidazole rings is 1. The number of nitrogens with zero attached hydrogens (tertiary/aromatic N) is 2. The Hall–Kier alpha value is -3.56. The summed E-state index contributed by atoms with van der Waals surface area (Å²) in [7, 11) is 0. The SMILES string of the molecule is C[C@@H]1C[C@H](n2c(Nc3ccc(OC(F)(F)F)cc3)nc3ccc(C(=O)CCCC(=O)O)cc32)CC(C)(C)C1. The number of carboxylic acid groups (broad SMARTS) is 1. The molecular weight excluding hydrogens is 499 g/mol. The second-order valence-electron chi connectivity index (χ2n) is 10.9. The van der Waals surface area contributed by atoms with Crippen LogP contribution in [0.2, 0.25) is 0 Å². The van der Waals surface area contributed by atoms with Crippen LogP contribution in [0.15, 0.2) is 42.5 Å². The molecule has 2 N–H and O–H groups in total. The largest absolute Gasteiger partial charge is 0.573 e. The van der Waals surface area contributed by atoms with Crippen LogP contribution in [-0.2, 0) is 4.79 Å². The fourth-order valence-corrected chi connectivity index (χ4v) is 5.63. The molecule has 0 aliphatic heterocycles. The highest BCUT2D eigenvalue weighted by Gasteiger charge is 2.35. The number of hydrogen-bond donors (Lipinski definition) is 2. The number of Topliss-reactive ketones (excluding diaryl/α,β-unsaturated/α-hetero) is 1. The van der Waals surface area contributed by atoms with Gasteiger partial charge in [0.05, 0.1) is 11.0 Å². The Labute approximate surface area is 219 Å². The van der Waals surface area contributed by atoms with E-state index in [-0.39, 0.29) is 42.3 Å². The van der Waals surface area contributed by atoms with Crippen LogP contribution < -0.4 is 10.1 Å². The van der Waals surface area contributed by atoms with E-state index in [2.05, 4.69) is 35.4 Å². The van der Waals surface area contributed by atoms with E-state index in [0.717, 1.165) is 24.8 Å². The lowest BCUT2D eigenvalue weighted by molar-refractivity contribution is -0.274. The monoisotopic (exact) mass is 531 g/mol. The van der Waals surface area contributed by atoms with Crippen molar-refractivity contribution in [2.45, 2.75) is 71.7 Å². The van der Waals surface area contributed by atoms with Gasteiger partial charge in [0.25, 0.3) is 0 Å². The van der Waals surface area contributed by atoms with E-state index < -0.39 is 12.3 Å². The molecule has 0 unspecified atom stereocenters. The van der Waals surface area contributed by atoms with E-state index in [9.17, 15) is 22.8 Å². The molecule has 2 aromatic carbocycles. The fourth-order valence-electron chi connectivity index (χ4n) is 5.63. The molecule has 0 bridgehead atoms. The van der Waals surface area contributed by atoms with Crippen molar-refractivity contribution in [3.8, 4) is 5.75 Å². The molecule has 1 aliphatic rings. The summed E-state index contributed by atoms with van der Waals surface area (Å²) >= 11 is 0. The number of benzene rings is 2. The second kappa shape index (κ2) is 10.7. The zero-order valence-electron chi connectivity index (χ0n) is 21.6. The summed E-state index contributed by atoms with van der Waals surface area (Å²) in [4.78, 5) is 28.4. The Bertz CT molecular complexity index is 1320. The number of alkyl halides is 3. The van der Waals surface area contributed by atoms with Crippen molar-refractivity contribution < 1.29 is 32.6 Å². The van der Waals surface area contributed by atoms with Crippen LogP contribution in [0.5, 0.6) is 5.75 Å². The average Bonchev–Trinajstić information content (AvgIpc) is 3.14. The van der Waals surface area contributed by atoms with Gasteiger partial charge in [0.1, 0.15) is 5.75 Å². The number of ether oxygens (including phenoxy) is 1. The van der Waals surface area contributed by atoms with Gasteiger partial charge in [0.2, 0.25) is 5.95 Å². The van der Waals surface area contributed by atoms with Gasteiger partial charge < -0.3 is 19.7 Å². The molecule has 7 nitrogen and oxygen atoms in total. The van der Waals surface area contributed by atoms with Crippen LogP contribution in [0.1, 0.15) is 75.7 Å². The van der Waals surface area contributed by atoms with E-state index in [1.165, 1.54) is 24.3 Å². The Balaban J connectivity index is 1.70. The van der Waals surface area contributed by atoms with Crippen molar-refractivity contribution in [1.29, 1.82) is 0 Å². The zero-order valence-corrected chi connectivity index (χ0v) is 21.6. The maximum Gasteiger partial charge on any atom is 0.573 e. The van der Waals surface area contributed by atoms with E-state index >= 15 is 0 Å². The van der Waals surface area contributed by atoms with Gasteiger partial charge in [-0.1, -0.05) is 20.8 Å². The quantitative estimate of drug-likeness (QED) is 0.278. The molecule has 1 aliphatic carbocycles. The molecular formula is C28H32F3N3O4. The Morgan fingerprint density at radius 1 is 1.13 bits per heavy atom. The van der Waals surface area contributed by atoms with Gasteiger partial charge in [-0.05, 0) is 79.5 Å². The Morgan fingerprint density at radius 3 is 2.47 bits per heavy atom. The normalized spacial score (nSPS) is 19.3. The summed E-state index contributed by atoms with van der Waals surface area (Å²) in [5, 5.41) is 12.1. The summed E-state index contributed by atoms with van der Waals surface area (Å²) < 4.78 is 43.7. The lowest BCUT2D eigenvalue weighted by Gasteiger charge is -2.40. The molecule has 4 rings (SSSR count). The highest BCUT2D eigenvalue weighted by molar-refractivity contribution is 5.99. The number of nitrogens with one attached hydrogen (secondary N) is 1. The molecule has 1 saturated carbocycles. The first-order valence-electron chi connectivity index (χ1n) is 12.7. The molecule has 0 spiro atoms. The fraction of sp³-hybridized carbons (Fsp3) is 0.464. The van der Waals surface area contributed by atoms with Crippen LogP contribution in [-0.4, -0.2) is 32.8 Å². The molecule has 0 radical (unpaired) electrons. The molecule has 38 heavy (non-hydrogen) atoms. The number of hydrogen-bond acceptors (Lipinski definition) is 5. The first kappa shape index (κ1) is 27.5. The van der Waals surface area contributed by atoms with Crippen molar-refractivity contribution in [3.05, 3.63) is 48.0 Å². The van der Waals surface area contributed by atoms with Gasteiger partial charge in [0, 0.05) is 30.1 Å². The summed E-state index contributed by atoms with van der Waals surface area (Å²) in [6.45, 7) is 6.69. The van der Waals surface area contributed by atoms with Gasteiger partial charge in [-0.2, -0.15) is 0 Å². The second-order valence-corrected chi connectivity index (χ2v) is 10.9. The van der Waals surface area contributed by atoms with Crippen LogP contribution in [0.25, 0.3) is 11.0 Å². The average molecular weight is 532 g/mol. The van der Waals surface area contributed by atoms with Crippen LogP contribution in [0.3, 0.4) is 0 Å². The summed E-state index contributed by atoms with van der Waals surface area (Å²) in [5.74, 6) is -0.379. The van der Waals surface area contributed by atoms with E-state index in [0.29, 0.717) is 28.6 Å². The minimum absolute atomic E-state index is 0.0676. The van der Waals surface area contributed by atoms with Gasteiger partial charge in [-0.25, -0.2) is 4.98 Å². The summed E-state index contributed by atoms with van der Waals surface area (Å²) in [5.41, 5.74) is 2.60. The van der Waals surface area contributed by atoms with Crippen molar-refractivity contribution in [2.24, 2.45) is 11.3 Å². The van der Waals surface area contributed by atoms with Gasteiger partial charge in [-0.15, -0.1) is 13.2 Å². The lowest BCUT2D eigenvalue weighted by Crippen LogP contribution is -2.29. The third-order valence-corrected chi connectivity index (χ3v) is 6.88. The minimum Gasteiger partial charge on any atom is -0.481 e. The van der Waals surface area contributed by atoms with Gasteiger partial charge in [0.15, 0.2) is 5.78 Å². The van der Waals surface area contributed by atoms with E-state index in [1.54, 1.807) is 12.1 Å². The maximum atomic E-state index is 12.8. The highest BCUT2D eigenvalue weighted by Crippen LogP contribution is 2.46. The van der Waals surface area contributed by atoms with Crippen molar-refractivity contribution >= 4 is 34.4 Å². The van der Waals surface area contributed by atoms with Gasteiger partial charge in [-0.3, -0.25) is 9.59 Å². The highest BCUT2D eigenvalue weighted by atomic mass is 19.4. The third-order valence-electron chi connectivity index (χ3n) is 6.88. The number of ketones is 1. The van der Waals surface area contributed by atoms with Crippen molar-refractivity contribution in [3.63, 3.8) is 0 Å². The van der Waals surface area contributed by atoms with Crippen LogP contribution in [0, 0.1) is 11.3 Å². The number of anilines is 2. The maximum absolute atomic E-state index is 12.8. The molecule has 0 saturated heterocycles. The predicted molar refractivity (Wildman–Crippen MR) is 138 cm³/mol. The Kier molecular flexibility index (Phi) is 7.71. The van der Waals surface area contributed by atoms with E-state index in [4.69, 9.17) is 10.1 Å². The van der Waals surface area contributed by atoms with E-state index in [1.807, 2.05) is 6.07 Å². The molecule has 10 heteroatoms. The number of carbonyl (C=O) groups excluding carboxylic acids is 1. The topological polar surface area (TPSA) is 93.5 Å². The summed E-state index contributed by atoms with van der Waals surface area (Å²) in [6.07, 6.45) is -1.53. The lowest BCUT2D eigenvalue weighted by atomic mass is 9.70. The molecule has 0 amide bonds. The number of aromatic nitrogens is 2. The standard InChI is InChI=1S/C28H32F3N3O4/c1-17-13-20(16-27(2,3)15-17)34-23-14-18(24(35)5-4-6-25(36)37)7-12-22(23)33-26(34)32-19-8-10-21(11-9-19)38-28(29,30)31/h7-12,14,17,20H,4-6,13,15-16H2,1-3H3,(H,32,33)(H,36,37)/t17-,20+/m1/s1. The molecule has 1 fully saturated rings. The predicted octanol–water partition coefficient (Wildman–Crippen LogP) is 7.50. The van der Waals surface area contributed by atoms with Crippen molar-refractivity contribution in [1.82, 2.24) is 9.55 Å². The Morgan fingerprint density at radius 2 is 1.84 bits per heavy atom. The third kappa shape index (κ3) is 6.85. The first-order chi connectivity index (χ1) is 17.8. The zero-order chi connectivity index (χ0) is 27.7. The molecule has 1 aromatic heterocycles. The number of halogens is 3. The number of carbonyl (C=O) groups is 2. The first-order valence-corrected chi connectivity index (χ1v) is 12.7. The number of fused-ring (bicyclic) bond motifs is 1. The molecule has 2 atom stereocenters.